The molecule has 0 aliphatic carbocycles. The summed E-state index contributed by atoms with van der Waals surface area (Å²) in [5.41, 5.74) is 1.77. The second kappa shape index (κ2) is 5.66. The molecule has 1 aromatic rings. The van der Waals surface area contributed by atoms with E-state index in [4.69, 9.17) is 0 Å². The maximum Gasteiger partial charge on any atom is 0.0380 e. The van der Waals surface area contributed by atoms with Crippen molar-refractivity contribution < 1.29 is 0 Å². The quantitative estimate of drug-likeness (QED) is 0.764. The fourth-order valence-electron chi connectivity index (χ4n) is 1.78. The van der Waals surface area contributed by atoms with E-state index in [1.807, 2.05) is 0 Å². The van der Waals surface area contributed by atoms with E-state index < -0.39 is 0 Å². The average Bonchev–Trinajstić information content (AvgIpc) is 2.71. The molecule has 0 amide bonds. The van der Waals surface area contributed by atoms with Crippen LogP contribution in [0, 0.1) is 5.41 Å². The molecule has 1 heterocycles. The Morgan fingerprint density at radius 2 is 2.13 bits per heavy atom. The molecular formula is C13H23NS. The zero-order chi connectivity index (χ0) is 11.3. The topological polar surface area (TPSA) is 12.0 Å². The fraction of sp³-hybridized carbons (Fsp3) is 0.692. The monoisotopic (exact) mass is 225 g/mol. The summed E-state index contributed by atoms with van der Waals surface area (Å²) in [6.07, 6.45) is 2.39. The molecule has 1 unspecified atom stereocenters. The summed E-state index contributed by atoms with van der Waals surface area (Å²) >= 11 is 1.79. The van der Waals surface area contributed by atoms with Gasteiger partial charge in [-0.3, -0.25) is 0 Å². The van der Waals surface area contributed by atoms with Gasteiger partial charge in [-0.25, -0.2) is 0 Å². The molecule has 0 bridgehead atoms. The molecule has 15 heavy (non-hydrogen) atoms. The van der Waals surface area contributed by atoms with Gasteiger partial charge in [-0.05, 0) is 47.2 Å². The summed E-state index contributed by atoms with van der Waals surface area (Å²) < 4.78 is 0. The molecule has 86 valence electrons. The molecular weight excluding hydrogens is 202 g/mol. The standard InChI is InChI=1S/C13H23NS/c1-5-8-14-12(13(3,4)6-2)11-7-9-15-10-11/h7,9-10,12,14H,5-6,8H2,1-4H3. The van der Waals surface area contributed by atoms with E-state index in [2.05, 4.69) is 49.8 Å². The molecule has 0 aliphatic rings. The fourth-order valence-corrected chi connectivity index (χ4v) is 2.46. The normalized spacial score (nSPS) is 14.1. The third kappa shape index (κ3) is 3.32. The predicted molar refractivity (Wildman–Crippen MR) is 69.4 cm³/mol. The number of thiophene rings is 1. The molecule has 1 atom stereocenters. The van der Waals surface area contributed by atoms with Gasteiger partial charge in [0.05, 0.1) is 0 Å². The number of hydrogen-bond donors (Lipinski definition) is 1. The van der Waals surface area contributed by atoms with Crippen LogP contribution < -0.4 is 5.32 Å². The lowest BCUT2D eigenvalue weighted by molar-refractivity contribution is 0.235. The van der Waals surface area contributed by atoms with Crippen LogP contribution in [-0.2, 0) is 0 Å². The third-order valence-corrected chi connectivity index (χ3v) is 3.87. The summed E-state index contributed by atoms with van der Waals surface area (Å²) in [7, 11) is 0. The average molecular weight is 225 g/mol. The molecule has 0 saturated carbocycles. The van der Waals surface area contributed by atoms with Crippen LogP contribution in [0.2, 0.25) is 0 Å². The first kappa shape index (κ1) is 12.7. The van der Waals surface area contributed by atoms with Crippen molar-refractivity contribution in [3.05, 3.63) is 22.4 Å². The van der Waals surface area contributed by atoms with Crippen LogP contribution in [0.15, 0.2) is 16.8 Å². The Bertz CT molecular complexity index is 264. The van der Waals surface area contributed by atoms with Crippen LogP contribution in [-0.4, -0.2) is 6.54 Å². The number of nitrogens with one attached hydrogen (secondary N) is 1. The second-order valence-corrected chi connectivity index (χ2v) is 5.57. The summed E-state index contributed by atoms with van der Waals surface area (Å²) in [5, 5.41) is 8.11. The summed E-state index contributed by atoms with van der Waals surface area (Å²) in [5.74, 6) is 0. The van der Waals surface area contributed by atoms with Crippen LogP contribution in [0.25, 0.3) is 0 Å². The molecule has 1 rings (SSSR count). The van der Waals surface area contributed by atoms with Gasteiger partial charge in [0.25, 0.3) is 0 Å². The number of rotatable bonds is 6. The molecule has 0 aliphatic heterocycles. The van der Waals surface area contributed by atoms with Crippen molar-refractivity contribution in [3.63, 3.8) is 0 Å². The van der Waals surface area contributed by atoms with Gasteiger partial charge in [0, 0.05) is 6.04 Å². The van der Waals surface area contributed by atoms with Gasteiger partial charge >= 0.3 is 0 Å². The van der Waals surface area contributed by atoms with E-state index in [0.717, 1.165) is 6.54 Å². The van der Waals surface area contributed by atoms with Crippen molar-refractivity contribution in [2.24, 2.45) is 5.41 Å². The highest BCUT2D eigenvalue weighted by atomic mass is 32.1. The first-order valence-corrected chi connectivity index (χ1v) is 6.81. The van der Waals surface area contributed by atoms with E-state index in [0.29, 0.717) is 11.5 Å². The summed E-state index contributed by atoms with van der Waals surface area (Å²) in [4.78, 5) is 0. The van der Waals surface area contributed by atoms with Gasteiger partial charge in [0.2, 0.25) is 0 Å². The largest absolute Gasteiger partial charge is 0.309 e. The summed E-state index contributed by atoms with van der Waals surface area (Å²) in [6.45, 7) is 10.3. The highest BCUT2D eigenvalue weighted by Gasteiger charge is 2.28. The lowest BCUT2D eigenvalue weighted by atomic mass is 9.79. The van der Waals surface area contributed by atoms with Crippen molar-refractivity contribution in [1.82, 2.24) is 5.32 Å². The highest BCUT2D eigenvalue weighted by Crippen LogP contribution is 2.36. The summed E-state index contributed by atoms with van der Waals surface area (Å²) in [6, 6.07) is 2.74. The Morgan fingerprint density at radius 1 is 1.40 bits per heavy atom. The van der Waals surface area contributed by atoms with Gasteiger partial charge in [0.15, 0.2) is 0 Å². The van der Waals surface area contributed by atoms with Gasteiger partial charge in [-0.1, -0.05) is 27.7 Å². The van der Waals surface area contributed by atoms with Crippen LogP contribution in [0.4, 0.5) is 0 Å². The first-order valence-electron chi connectivity index (χ1n) is 5.87. The predicted octanol–water partition coefficient (Wildman–Crippen LogP) is 4.23. The lowest BCUT2D eigenvalue weighted by Gasteiger charge is -2.34. The molecule has 0 radical (unpaired) electrons. The lowest BCUT2D eigenvalue weighted by Crippen LogP contribution is -2.34. The van der Waals surface area contributed by atoms with Crippen molar-refractivity contribution in [2.75, 3.05) is 6.54 Å². The molecule has 1 aromatic heterocycles. The first-order chi connectivity index (χ1) is 7.11. The zero-order valence-corrected chi connectivity index (χ0v) is 11.2. The second-order valence-electron chi connectivity index (χ2n) is 4.79. The molecule has 1 N–H and O–H groups in total. The minimum absolute atomic E-state index is 0.330. The van der Waals surface area contributed by atoms with Crippen molar-refractivity contribution >= 4 is 11.3 Å². The van der Waals surface area contributed by atoms with Crippen LogP contribution in [0.3, 0.4) is 0 Å². The van der Waals surface area contributed by atoms with E-state index >= 15 is 0 Å². The molecule has 2 heteroatoms. The highest BCUT2D eigenvalue weighted by molar-refractivity contribution is 7.07. The Balaban J connectivity index is 2.78. The van der Waals surface area contributed by atoms with Crippen molar-refractivity contribution in [2.45, 2.75) is 46.6 Å². The maximum atomic E-state index is 3.67. The van der Waals surface area contributed by atoms with E-state index in [-0.39, 0.29) is 0 Å². The SMILES string of the molecule is CCCNC(c1ccsc1)C(C)(C)CC. The Hall–Kier alpha value is -0.340. The van der Waals surface area contributed by atoms with Crippen molar-refractivity contribution in [1.29, 1.82) is 0 Å². The molecule has 0 fully saturated rings. The number of hydrogen-bond acceptors (Lipinski definition) is 2. The van der Waals surface area contributed by atoms with Gasteiger partial charge in [-0.2, -0.15) is 11.3 Å². The van der Waals surface area contributed by atoms with E-state index in [1.54, 1.807) is 11.3 Å². The van der Waals surface area contributed by atoms with Crippen molar-refractivity contribution in [3.8, 4) is 0 Å². The molecule has 1 nitrogen and oxygen atoms in total. The van der Waals surface area contributed by atoms with Crippen LogP contribution >= 0.6 is 11.3 Å². The zero-order valence-electron chi connectivity index (χ0n) is 10.3. The van der Waals surface area contributed by atoms with E-state index in [9.17, 15) is 0 Å². The minimum atomic E-state index is 0.330. The molecule has 0 aromatic carbocycles. The van der Waals surface area contributed by atoms with E-state index in [1.165, 1.54) is 18.4 Å². The Morgan fingerprint density at radius 3 is 2.60 bits per heavy atom. The van der Waals surface area contributed by atoms with Gasteiger partial charge < -0.3 is 5.32 Å². The van der Waals surface area contributed by atoms with Gasteiger partial charge in [-0.15, -0.1) is 0 Å². The molecule has 0 saturated heterocycles. The van der Waals surface area contributed by atoms with Crippen LogP contribution in [0.1, 0.15) is 52.1 Å². The minimum Gasteiger partial charge on any atom is -0.309 e. The maximum absolute atomic E-state index is 3.67. The third-order valence-electron chi connectivity index (χ3n) is 3.17. The smallest absolute Gasteiger partial charge is 0.0380 e. The molecule has 0 spiro atoms. The Labute approximate surface area is 97.9 Å². The Kier molecular flexibility index (Phi) is 4.81. The van der Waals surface area contributed by atoms with Crippen LogP contribution in [0.5, 0.6) is 0 Å². The van der Waals surface area contributed by atoms with Gasteiger partial charge in [0.1, 0.15) is 0 Å².